The number of nitrogens with one attached hydrogen (secondary N) is 1. The lowest BCUT2D eigenvalue weighted by Gasteiger charge is -2.21. The summed E-state index contributed by atoms with van der Waals surface area (Å²) in [7, 11) is 0. The van der Waals surface area contributed by atoms with Gasteiger partial charge in [-0.1, -0.05) is 0 Å². The van der Waals surface area contributed by atoms with Gasteiger partial charge in [0.15, 0.2) is 0 Å². The smallest absolute Gasteiger partial charge is 0.408 e. The lowest BCUT2D eigenvalue weighted by molar-refractivity contribution is -0.138. The SMILES string of the molecule is CC(C)(C)OC(=O)NC(CSCn1cccn1)C(=O)O. The van der Waals surface area contributed by atoms with E-state index in [2.05, 4.69) is 10.4 Å². The van der Waals surface area contributed by atoms with Crippen LogP contribution in [0.5, 0.6) is 0 Å². The van der Waals surface area contributed by atoms with Gasteiger partial charge in [0.1, 0.15) is 11.6 Å². The van der Waals surface area contributed by atoms with Crippen LogP contribution in [0.2, 0.25) is 0 Å². The molecule has 0 saturated heterocycles. The summed E-state index contributed by atoms with van der Waals surface area (Å²) in [6, 6.07) is 0.791. The molecule has 0 bridgehead atoms. The predicted octanol–water partition coefficient (Wildman–Crippen LogP) is 1.55. The van der Waals surface area contributed by atoms with Crippen LogP contribution in [-0.4, -0.2) is 44.3 Å². The number of thioether (sulfide) groups is 1. The first-order valence-corrected chi connectivity index (χ1v) is 7.21. The molecule has 1 aromatic rings. The van der Waals surface area contributed by atoms with Crippen LogP contribution in [0, 0.1) is 0 Å². The van der Waals surface area contributed by atoms with Crippen molar-refractivity contribution >= 4 is 23.8 Å². The number of hydrogen-bond donors (Lipinski definition) is 2. The highest BCUT2D eigenvalue weighted by molar-refractivity contribution is 7.98. The Kier molecular flexibility index (Phi) is 5.87. The van der Waals surface area contributed by atoms with Gasteiger partial charge in [0.2, 0.25) is 0 Å². The van der Waals surface area contributed by atoms with E-state index in [0.717, 1.165) is 0 Å². The van der Waals surface area contributed by atoms with E-state index in [1.807, 2.05) is 0 Å². The molecule has 7 nitrogen and oxygen atoms in total. The second-order valence-corrected chi connectivity index (χ2v) is 6.08. The fourth-order valence-electron chi connectivity index (χ4n) is 1.27. The Balaban J connectivity index is 2.40. The maximum Gasteiger partial charge on any atom is 0.408 e. The Hall–Kier alpha value is -1.70. The largest absolute Gasteiger partial charge is 0.480 e. The molecule has 0 spiro atoms. The molecule has 2 N–H and O–H groups in total. The number of ether oxygens (including phenoxy) is 1. The summed E-state index contributed by atoms with van der Waals surface area (Å²) >= 11 is 1.36. The molecule has 1 heterocycles. The topological polar surface area (TPSA) is 93.5 Å². The molecular weight excluding hydrogens is 282 g/mol. The van der Waals surface area contributed by atoms with E-state index in [4.69, 9.17) is 9.84 Å². The van der Waals surface area contributed by atoms with E-state index in [9.17, 15) is 9.59 Å². The molecule has 1 unspecified atom stereocenters. The van der Waals surface area contributed by atoms with Gasteiger partial charge >= 0.3 is 12.1 Å². The summed E-state index contributed by atoms with van der Waals surface area (Å²) in [4.78, 5) is 22.6. The van der Waals surface area contributed by atoms with E-state index >= 15 is 0 Å². The van der Waals surface area contributed by atoms with Gasteiger partial charge in [-0.05, 0) is 26.8 Å². The van der Waals surface area contributed by atoms with Crippen molar-refractivity contribution in [3.63, 3.8) is 0 Å². The maximum atomic E-state index is 11.5. The van der Waals surface area contributed by atoms with Gasteiger partial charge in [-0.3, -0.25) is 4.68 Å². The number of carboxylic acid groups (broad SMARTS) is 1. The third kappa shape index (κ3) is 6.46. The second-order valence-electron chi connectivity index (χ2n) is 5.08. The monoisotopic (exact) mass is 301 g/mol. The fraction of sp³-hybridized carbons (Fsp3) is 0.583. The molecule has 0 aliphatic carbocycles. The highest BCUT2D eigenvalue weighted by Crippen LogP contribution is 2.09. The van der Waals surface area contributed by atoms with Crippen LogP contribution >= 0.6 is 11.8 Å². The van der Waals surface area contributed by atoms with Gasteiger partial charge in [-0.25, -0.2) is 9.59 Å². The van der Waals surface area contributed by atoms with Crippen LogP contribution < -0.4 is 5.32 Å². The van der Waals surface area contributed by atoms with E-state index in [-0.39, 0.29) is 5.75 Å². The average Bonchev–Trinajstić information content (AvgIpc) is 2.77. The van der Waals surface area contributed by atoms with Crippen LogP contribution in [0.25, 0.3) is 0 Å². The summed E-state index contributed by atoms with van der Waals surface area (Å²) in [6.07, 6.45) is 2.70. The fourth-order valence-corrected chi connectivity index (χ4v) is 2.17. The third-order valence-corrected chi connectivity index (χ3v) is 3.07. The Morgan fingerprint density at radius 1 is 1.50 bits per heavy atom. The lowest BCUT2D eigenvalue weighted by Crippen LogP contribution is -2.45. The van der Waals surface area contributed by atoms with Gasteiger partial charge in [0, 0.05) is 18.1 Å². The van der Waals surface area contributed by atoms with Crippen molar-refractivity contribution in [3.05, 3.63) is 18.5 Å². The number of amides is 1. The number of hydrogen-bond acceptors (Lipinski definition) is 5. The average molecular weight is 301 g/mol. The zero-order valence-corrected chi connectivity index (χ0v) is 12.5. The van der Waals surface area contributed by atoms with Gasteiger partial charge in [0.05, 0.1) is 5.88 Å². The summed E-state index contributed by atoms with van der Waals surface area (Å²) < 4.78 is 6.71. The Bertz CT molecular complexity index is 442. The van der Waals surface area contributed by atoms with Crippen molar-refractivity contribution in [2.24, 2.45) is 0 Å². The standard InChI is InChI=1S/C12H19N3O4S/c1-12(2,3)19-11(18)14-9(10(16)17)7-20-8-15-6-4-5-13-15/h4-6,9H,7-8H2,1-3H3,(H,14,18)(H,16,17). The molecule has 0 aromatic carbocycles. The molecular formula is C12H19N3O4S. The van der Waals surface area contributed by atoms with Crippen LogP contribution in [0.3, 0.4) is 0 Å². The zero-order valence-electron chi connectivity index (χ0n) is 11.7. The van der Waals surface area contributed by atoms with Gasteiger partial charge < -0.3 is 15.2 Å². The summed E-state index contributed by atoms with van der Waals surface area (Å²) in [6.45, 7) is 5.15. The number of alkyl carbamates (subject to hydrolysis) is 1. The van der Waals surface area contributed by atoms with Crippen molar-refractivity contribution in [2.45, 2.75) is 38.3 Å². The first kappa shape index (κ1) is 16.4. The molecule has 0 saturated carbocycles. The van der Waals surface area contributed by atoms with Crippen molar-refractivity contribution < 1.29 is 19.4 Å². The molecule has 0 aliphatic heterocycles. The number of carbonyl (C=O) groups excluding carboxylic acids is 1. The normalized spacial score (nSPS) is 12.8. The molecule has 20 heavy (non-hydrogen) atoms. The molecule has 1 rings (SSSR count). The number of carboxylic acids is 1. The number of aliphatic carboxylic acids is 1. The minimum Gasteiger partial charge on any atom is -0.480 e. The first-order valence-electron chi connectivity index (χ1n) is 6.05. The number of nitrogens with zero attached hydrogens (tertiary/aromatic N) is 2. The quantitative estimate of drug-likeness (QED) is 0.828. The van der Waals surface area contributed by atoms with E-state index in [1.165, 1.54) is 11.8 Å². The minimum atomic E-state index is -1.09. The highest BCUT2D eigenvalue weighted by Gasteiger charge is 2.23. The van der Waals surface area contributed by atoms with Gasteiger partial charge in [-0.15, -0.1) is 11.8 Å². The predicted molar refractivity (Wildman–Crippen MR) is 75.5 cm³/mol. The van der Waals surface area contributed by atoms with Crippen molar-refractivity contribution in [1.29, 1.82) is 0 Å². The number of aromatic nitrogens is 2. The van der Waals surface area contributed by atoms with E-state index in [0.29, 0.717) is 5.88 Å². The molecule has 1 amide bonds. The third-order valence-electron chi connectivity index (χ3n) is 2.06. The van der Waals surface area contributed by atoms with E-state index in [1.54, 1.807) is 43.9 Å². The van der Waals surface area contributed by atoms with Gasteiger partial charge in [0.25, 0.3) is 0 Å². The Morgan fingerprint density at radius 3 is 2.70 bits per heavy atom. The molecule has 112 valence electrons. The van der Waals surface area contributed by atoms with Crippen LogP contribution in [0.1, 0.15) is 20.8 Å². The first-order chi connectivity index (χ1) is 9.28. The zero-order chi connectivity index (χ0) is 15.2. The summed E-state index contributed by atoms with van der Waals surface area (Å²) in [5.74, 6) is -0.342. The molecule has 1 aromatic heterocycles. The minimum absolute atomic E-state index is 0.231. The van der Waals surface area contributed by atoms with Crippen LogP contribution in [-0.2, 0) is 15.4 Å². The molecule has 0 fully saturated rings. The Labute approximate surface area is 121 Å². The number of rotatable bonds is 6. The highest BCUT2D eigenvalue weighted by atomic mass is 32.2. The number of carbonyl (C=O) groups is 2. The molecule has 0 radical (unpaired) electrons. The Morgan fingerprint density at radius 2 is 2.20 bits per heavy atom. The molecule has 1 atom stereocenters. The summed E-state index contributed by atoms with van der Waals surface area (Å²) in [5.41, 5.74) is -0.657. The van der Waals surface area contributed by atoms with E-state index < -0.39 is 23.7 Å². The summed E-state index contributed by atoms with van der Waals surface area (Å²) in [5, 5.41) is 15.4. The van der Waals surface area contributed by atoms with Crippen molar-refractivity contribution in [1.82, 2.24) is 15.1 Å². The molecule has 0 aliphatic rings. The lowest BCUT2D eigenvalue weighted by atomic mass is 10.2. The second kappa shape index (κ2) is 7.18. The van der Waals surface area contributed by atoms with Crippen LogP contribution in [0.15, 0.2) is 18.5 Å². The maximum absolute atomic E-state index is 11.5. The van der Waals surface area contributed by atoms with Crippen LogP contribution in [0.4, 0.5) is 4.79 Å². The van der Waals surface area contributed by atoms with Gasteiger partial charge in [-0.2, -0.15) is 5.10 Å². The van der Waals surface area contributed by atoms with Crippen molar-refractivity contribution in [2.75, 3.05) is 5.75 Å². The van der Waals surface area contributed by atoms with Crippen molar-refractivity contribution in [3.8, 4) is 0 Å². The molecule has 8 heteroatoms.